The lowest BCUT2D eigenvalue weighted by Gasteiger charge is -2.28. The molecular weight excluding hydrogens is 234 g/mol. The summed E-state index contributed by atoms with van der Waals surface area (Å²) in [6.07, 6.45) is 0.883. The third-order valence-electron chi connectivity index (χ3n) is 3.03. The zero-order chi connectivity index (χ0) is 12.6. The van der Waals surface area contributed by atoms with E-state index in [-0.39, 0.29) is 0 Å². The third kappa shape index (κ3) is 2.45. The minimum atomic E-state index is -0.391. The molecule has 1 aliphatic heterocycles. The second-order valence-electron chi connectivity index (χ2n) is 4.99. The van der Waals surface area contributed by atoms with E-state index in [1.54, 1.807) is 0 Å². The van der Waals surface area contributed by atoms with Crippen LogP contribution in [-0.2, 0) is 13.0 Å². The first-order chi connectivity index (χ1) is 7.99. The van der Waals surface area contributed by atoms with Crippen molar-refractivity contribution in [3.63, 3.8) is 0 Å². The lowest BCUT2D eigenvalue weighted by Crippen LogP contribution is -2.33. The summed E-state index contributed by atoms with van der Waals surface area (Å²) in [6.45, 7) is 7.40. The Balaban J connectivity index is 2.23. The Bertz CT molecular complexity index is 439. The maximum atomic E-state index is 11.3. The van der Waals surface area contributed by atoms with Crippen molar-refractivity contribution in [2.75, 3.05) is 18.8 Å². The summed E-state index contributed by atoms with van der Waals surface area (Å²) < 4.78 is 0. The van der Waals surface area contributed by atoms with E-state index in [0.717, 1.165) is 31.6 Å². The average molecular weight is 253 g/mol. The van der Waals surface area contributed by atoms with Gasteiger partial charge in [0.25, 0.3) is 5.91 Å². The molecule has 1 aromatic rings. The molecule has 0 unspecified atom stereocenters. The molecule has 2 heterocycles. The van der Waals surface area contributed by atoms with Gasteiger partial charge in [-0.3, -0.25) is 9.69 Å². The Labute approximate surface area is 106 Å². The van der Waals surface area contributed by atoms with E-state index in [0.29, 0.717) is 16.5 Å². The number of nitrogens with two attached hydrogens (primary N) is 2. The molecule has 4 N–H and O–H groups in total. The van der Waals surface area contributed by atoms with Crippen LogP contribution in [0.1, 0.15) is 34.6 Å². The molecule has 0 fully saturated rings. The molecule has 4 nitrogen and oxygen atoms in total. The monoisotopic (exact) mass is 253 g/mol. The van der Waals surface area contributed by atoms with Gasteiger partial charge >= 0.3 is 0 Å². The van der Waals surface area contributed by atoms with Crippen molar-refractivity contribution in [1.29, 1.82) is 0 Å². The first-order valence-electron chi connectivity index (χ1n) is 5.91. The van der Waals surface area contributed by atoms with Gasteiger partial charge in [-0.1, -0.05) is 13.8 Å². The molecule has 17 heavy (non-hydrogen) atoms. The number of carbonyl (C=O) groups excluding carboxylic acids is 1. The van der Waals surface area contributed by atoms with Crippen molar-refractivity contribution < 1.29 is 4.79 Å². The van der Waals surface area contributed by atoms with Crippen LogP contribution in [0.4, 0.5) is 5.00 Å². The standard InChI is InChI=1S/C12H19N3OS/c1-7(2)5-15-4-3-8-9(6-15)17-12(14)10(8)11(13)16/h7H,3-6,14H2,1-2H3,(H2,13,16). The highest BCUT2D eigenvalue weighted by molar-refractivity contribution is 7.16. The van der Waals surface area contributed by atoms with Crippen molar-refractivity contribution in [3.8, 4) is 0 Å². The minimum Gasteiger partial charge on any atom is -0.390 e. The number of fused-ring (bicyclic) bond motifs is 1. The summed E-state index contributed by atoms with van der Waals surface area (Å²) in [5.41, 5.74) is 12.9. The lowest BCUT2D eigenvalue weighted by molar-refractivity contribution is 0.0999. The summed E-state index contributed by atoms with van der Waals surface area (Å²) in [5, 5.41) is 0.578. The van der Waals surface area contributed by atoms with Crippen LogP contribution in [0.25, 0.3) is 0 Å². The van der Waals surface area contributed by atoms with E-state index < -0.39 is 5.91 Å². The Hall–Kier alpha value is -1.07. The first kappa shape index (κ1) is 12.4. The number of carbonyl (C=O) groups is 1. The molecule has 0 saturated heterocycles. The first-order valence-corrected chi connectivity index (χ1v) is 6.72. The SMILES string of the molecule is CC(C)CN1CCc2c(sc(N)c2C(N)=O)C1. The van der Waals surface area contributed by atoms with Gasteiger partial charge in [-0.2, -0.15) is 0 Å². The van der Waals surface area contributed by atoms with Gasteiger partial charge in [-0.05, 0) is 17.9 Å². The molecule has 1 aromatic heterocycles. The molecule has 0 bridgehead atoms. The summed E-state index contributed by atoms with van der Waals surface area (Å²) in [7, 11) is 0. The van der Waals surface area contributed by atoms with Gasteiger partial charge in [-0.15, -0.1) is 11.3 Å². The highest BCUT2D eigenvalue weighted by atomic mass is 32.1. The van der Waals surface area contributed by atoms with E-state index in [1.165, 1.54) is 16.2 Å². The van der Waals surface area contributed by atoms with Crippen LogP contribution in [0.2, 0.25) is 0 Å². The van der Waals surface area contributed by atoms with E-state index in [9.17, 15) is 4.79 Å². The van der Waals surface area contributed by atoms with Crippen LogP contribution in [-0.4, -0.2) is 23.9 Å². The summed E-state index contributed by atoms with van der Waals surface area (Å²) in [4.78, 5) is 15.0. The topological polar surface area (TPSA) is 72.3 Å². The van der Waals surface area contributed by atoms with Crippen molar-refractivity contribution in [2.45, 2.75) is 26.8 Å². The maximum Gasteiger partial charge on any atom is 0.251 e. The van der Waals surface area contributed by atoms with E-state index in [2.05, 4.69) is 18.7 Å². The molecule has 5 heteroatoms. The fourth-order valence-corrected chi connectivity index (χ4v) is 3.59. The Morgan fingerprint density at radius 3 is 2.82 bits per heavy atom. The second-order valence-corrected chi connectivity index (χ2v) is 6.12. The van der Waals surface area contributed by atoms with Crippen LogP contribution < -0.4 is 11.5 Å². The fraction of sp³-hybridized carbons (Fsp3) is 0.583. The normalized spacial score (nSPS) is 16.2. The van der Waals surface area contributed by atoms with Gasteiger partial charge in [0.15, 0.2) is 0 Å². The highest BCUT2D eigenvalue weighted by Gasteiger charge is 2.25. The van der Waals surface area contributed by atoms with E-state index in [1.807, 2.05) is 0 Å². The Kier molecular flexibility index (Phi) is 3.40. The van der Waals surface area contributed by atoms with Crippen molar-refractivity contribution in [2.24, 2.45) is 11.7 Å². The zero-order valence-electron chi connectivity index (χ0n) is 10.3. The molecule has 0 atom stereocenters. The summed E-state index contributed by atoms with van der Waals surface area (Å²) in [5.74, 6) is 0.266. The molecule has 1 amide bonds. The van der Waals surface area contributed by atoms with Crippen LogP contribution in [0.15, 0.2) is 0 Å². The molecule has 94 valence electrons. The number of anilines is 1. The number of hydrogen-bond donors (Lipinski definition) is 2. The maximum absolute atomic E-state index is 11.3. The highest BCUT2D eigenvalue weighted by Crippen LogP contribution is 2.34. The van der Waals surface area contributed by atoms with Gasteiger partial charge in [0.2, 0.25) is 0 Å². The Morgan fingerprint density at radius 2 is 2.24 bits per heavy atom. The quantitative estimate of drug-likeness (QED) is 0.856. The lowest BCUT2D eigenvalue weighted by atomic mass is 10.0. The van der Waals surface area contributed by atoms with Gasteiger partial charge in [-0.25, -0.2) is 0 Å². The number of primary amides is 1. The molecule has 0 aromatic carbocycles. The van der Waals surface area contributed by atoms with E-state index in [4.69, 9.17) is 11.5 Å². The molecule has 0 radical (unpaired) electrons. The molecule has 1 aliphatic rings. The fourth-order valence-electron chi connectivity index (χ4n) is 2.42. The molecule has 0 saturated carbocycles. The summed E-state index contributed by atoms with van der Waals surface area (Å²) >= 11 is 1.51. The van der Waals surface area contributed by atoms with Crippen LogP contribution in [0, 0.1) is 5.92 Å². The number of thiophene rings is 1. The molecule has 2 rings (SSSR count). The van der Waals surface area contributed by atoms with E-state index >= 15 is 0 Å². The Morgan fingerprint density at radius 1 is 1.53 bits per heavy atom. The average Bonchev–Trinajstić information content (AvgIpc) is 2.51. The van der Waals surface area contributed by atoms with Crippen LogP contribution in [0.3, 0.4) is 0 Å². The predicted molar refractivity (Wildman–Crippen MR) is 71.1 cm³/mol. The number of hydrogen-bond acceptors (Lipinski definition) is 4. The van der Waals surface area contributed by atoms with Crippen LogP contribution in [0.5, 0.6) is 0 Å². The van der Waals surface area contributed by atoms with Gasteiger partial charge in [0.1, 0.15) is 0 Å². The van der Waals surface area contributed by atoms with Gasteiger partial charge < -0.3 is 11.5 Å². The van der Waals surface area contributed by atoms with Crippen molar-refractivity contribution in [3.05, 3.63) is 16.0 Å². The van der Waals surface area contributed by atoms with Gasteiger partial charge in [0, 0.05) is 24.5 Å². The number of amides is 1. The molecule has 0 aliphatic carbocycles. The number of rotatable bonds is 3. The largest absolute Gasteiger partial charge is 0.390 e. The molecule has 0 spiro atoms. The van der Waals surface area contributed by atoms with Crippen molar-refractivity contribution in [1.82, 2.24) is 4.90 Å². The van der Waals surface area contributed by atoms with Gasteiger partial charge in [0.05, 0.1) is 10.6 Å². The summed E-state index contributed by atoms with van der Waals surface area (Å²) in [6, 6.07) is 0. The minimum absolute atomic E-state index is 0.391. The van der Waals surface area contributed by atoms with Crippen molar-refractivity contribution >= 4 is 22.2 Å². The number of nitrogen functional groups attached to an aromatic ring is 1. The third-order valence-corrected chi connectivity index (χ3v) is 4.08. The second kappa shape index (κ2) is 4.66. The van der Waals surface area contributed by atoms with Crippen LogP contribution >= 0.6 is 11.3 Å². The number of nitrogens with zero attached hydrogens (tertiary/aromatic N) is 1. The predicted octanol–water partition coefficient (Wildman–Crippen LogP) is 1.44. The molecular formula is C12H19N3OS. The zero-order valence-corrected chi connectivity index (χ0v) is 11.1. The smallest absolute Gasteiger partial charge is 0.251 e.